The number of ether oxygens (including phenoxy) is 1. The van der Waals surface area contributed by atoms with Crippen LogP contribution in [0.2, 0.25) is 10.0 Å². The van der Waals surface area contributed by atoms with E-state index in [0.717, 1.165) is 11.1 Å². The number of hydrogen-bond donors (Lipinski definition) is 4. The number of carboxylic acids is 1. The molecule has 9 heteroatoms. The summed E-state index contributed by atoms with van der Waals surface area (Å²) >= 11 is 12.1. The van der Waals surface area contributed by atoms with Gasteiger partial charge in [-0.2, -0.15) is 0 Å². The van der Waals surface area contributed by atoms with Crippen LogP contribution in [0.1, 0.15) is 12.5 Å². The van der Waals surface area contributed by atoms with Crippen LogP contribution in [0.15, 0.2) is 42.5 Å². The predicted octanol–water partition coefficient (Wildman–Crippen LogP) is 2.53. The highest BCUT2D eigenvalue weighted by molar-refractivity contribution is 6.35. The monoisotopic (exact) mass is 455 g/mol. The van der Waals surface area contributed by atoms with Gasteiger partial charge in [-0.1, -0.05) is 47.5 Å². The molecular weight excluding hydrogens is 433 g/mol. The number of nitrogens with one attached hydrogen (secondary N) is 1. The third-order valence-corrected chi connectivity index (χ3v) is 4.81. The van der Waals surface area contributed by atoms with Crippen molar-refractivity contribution >= 4 is 35.1 Å². The molecule has 0 saturated carbocycles. The minimum absolute atomic E-state index is 0.0972. The summed E-state index contributed by atoms with van der Waals surface area (Å²) in [6, 6.07) is 11.3. The van der Waals surface area contributed by atoms with Gasteiger partial charge in [0.15, 0.2) is 6.10 Å². The van der Waals surface area contributed by atoms with E-state index >= 15 is 0 Å². The van der Waals surface area contributed by atoms with Crippen LogP contribution in [0, 0.1) is 0 Å². The minimum atomic E-state index is -2.05. The Hall–Kier alpha value is -2.16. The summed E-state index contributed by atoms with van der Waals surface area (Å²) in [6.07, 6.45) is -3.66. The molecule has 0 spiro atoms. The summed E-state index contributed by atoms with van der Waals surface area (Å²) in [6.45, 7) is 1.81. The first kappa shape index (κ1) is 24.1. The van der Waals surface area contributed by atoms with Gasteiger partial charge in [-0.25, -0.2) is 4.79 Å². The summed E-state index contributed by atoms with van der Waals surface area (Å²) < 4.78 is 5.02. The third-order valence-electron chi connectivity index (χ3n) is 4.38. The van der Waals surface area contributed by atoms with Crippen molar-refractivity contribution in [1.82, 2.24) is 5.32 Å². The topological polar surface area (TPSA) is 116 Å². The van der Waals surface area contributed by atoms with E-state index in [9.17, 15) is 19.8 Å². The number of rotatable bonds is 10. The number of carbonyl (C=O) groups excluding carboxylic acids is 1. The van der Waals surface area contributed by atoms with Crippen molar-refractivity contribution in [1.29, 1.82) is 0 Å². The van der Waals surface area contributed by atoms with Gasteiger partial charge in [0.05, 0.1) is 6.04 Å². The largest absolute Gasteiger partial charge is 0.479 e. The molecule has 0 fully saturated rings. The van der Waals surface area contributed by atoms with Gasteiger partial charge in [-0.15, -0.1) is 0 Å². The number of amides is 1. The quantitative estimate of drug-likeness (QED) is 0.437. The SMILES string of the molecule is CCOCC(=O)NC(Cc1ccc(-c2cc(Cl)cc(Cl)c2)cc1)C(O)C(O)C(=O)O. The molecule has 0 aliphatic rings. The molecule has 4 N–H and O–H groups in total. The molecule has 7 nitrogen and oxygen atoms in total. The number of aliphatic hydroxyl groups excluding tert-OH is 2. The molecule has 0 bridgehead atoms. The van der Waals surface area contributed by atoms with Gasteiger partial charge in [0.25, 0.3) is 0 Å². The standard InChI is InChI=1S/C21H23Cl2NO6/c1-2-30-11-18(25)24-17(19(26)20(27)21(28)29)7-12-3-5-13(6-4-12)14-8-15(22)10-16(23)9-14/h3-6,8-10,17,19-20,26-27H,2,7,11H2,1H3,(H,24,25)(H,28,29). The zero-order valence-corrected chi connectivity index (χ0v) is 17.7. The molecule has 0 aliphatic heterocycles. The van der Waals surface area contributed by atoms with Crippen LogP contribution in [0.5, 0.6) is 0 Å². The number of carbonyl (C=O) groups is 2. The summed E-state index contributed by atoms with van der Waals surface area (Å²) in [7, 11) is 0. The van der Waals surface area contributed by atoms with Crippen molar-refractivity contribution in [2.45, 2.75) is 31.6 Å². The maximum absolute atomic E-state index is 12.0. The van der Waals surface area contributed by atoms with Crippen molar-refractivity contribution in [3.63, 3.8) is 0 Å². The molecule has 2 aromatic rings. The minimum Gasteiger partial charge on any atom is -0.479 e. The Morgan fingerprint density at radius 1 is 1.03 bits per heavy atom. The smallest absolute Gasteiger partial charge is 0.335 e. The molecule has 2 rings (SSSR count). The Morgan fingerprint density at radius 3 is 2.17 bits per heavy atom. The van der Waals surface area contributed by atoms with E-state index in [1.54, 1.807) is 37.3 Å². The van der Waals surface area contributed by atoms with Crippen LogP contribution in [0.3, 0.4) is 0 Å². The van der Waals surface area contributed by atoms with E-state index in [2.05, 4.69) is 5.32 Å². The predicted molar refractivity (Wildman–Crippen MR) is 114 cm³/mol. The lowest BCUT2D eigenvalue weighted by Crippen LogP contribution is -2.52. The summed E-state index contributed by atoms with van der Waals surface area (Å²) in [4.78, 5) is 23.0. The zero-order valence-electron chi connectivity index (χ0n) is 16.2. The van der Waals surface area contributed by atoms with Gasteiger partial charge in [0.1, 0.15) is 12.7 Å². The van der Waals surface area contributed by atoms with E-state index in [4.69, 9.17) is 33.0 Å². The molecule has 30 heavy (non-hydrogen) atoms. The van der Waals surface area contributed by atoms with Crippen LogP contribution in [0.4, 0.5) is 0 Å². The van der Waals surface area contributed by atoms with Crippen LogP contribution >= 0.6 is 23.2 Å². The average Bonchev–Trinajstić information content (AvgIpc) is 2.70. The molecule has 0 radical (unpaired) electrons. The molecule has 0 heterocycles. The zero-order chi connectivity index (χ0) is 22.3. The highest BCUT2D eigenvalue weighted by Gasteiger charge is 2.32. The molecule has 0 saturated heterocycles. The number of hydrogen-bond acceptors (Lipinski definition) is 5. The first-order valence-corrected chi connectivity index (χ1v) is 9.98. The van der Waals surface area contributed by atoms with Gasteiger partial charge >= 0.3 is 5.97 Å². The van der Waals surface area contributed by atoms with E-state index in [1.165, 1.54) is 0 Å². The Labute approximate surface area is 184 Å². The van der Waals surface area contributed by atoms with Crippen molar-refractivity contribution in [2.75, 3.05) is 13.2 Å². The molecule has 3 atom stereocenters. The molecular formula is C21H23Cl2NO6. The lowest BCUT2D eigenvalue weighted by molar-refractivity contribution is -0.154. The third kappa shape index (κ3) is 6.97. The second kappa shape index (κ2) is 11.3. The lowest BCUT2D eigenvalue weighted by atomic mass is 9.96. The van der Waals surface area contributed by atoms with Crippen LogP contribution in [-0.2, 0) is 20.7 Å². The average molecular weight is 456 g/mol. The number of aliphatic carboxylic acids is 1. The Balaban J connectivity index is 2.19. The van der Waals surface area contributed by atoms with Crippen LogP contribution < -0.4 is 5.32 Å². The Morgan fingerprint density at radius 2 is 1.63 bits per heavy atom. The van der Waals surface area contributed by atoms with E-state index in [-0.39, 0.29) is 13.0 Å². The summed E-state index contributed by atoms with van der Waals surface area (Å²) in [5, 5.41) is 32.5. The van der Waals surface area contributed by atoms with Gasteiger partial charge < -0.3 is 25.4 Å². The fraction of sp³-hybridized carbons (Fsp3) is 0.333. The number of carboxylic acid groups (broad SMARTS) is 1. The molecule has 1 amide bonds. The molecule has 0 aliphatic carbocycles. The highest BCUT2D eigenvalue weighted by Crippen LogP contribution is 2.27. The van der Waals surface area contributed by atoms with Gasteiger partial charge in [-0.05, 0) is 48.2 Å². The van der Waals surface area contributed by atoms with Crippen molar-refractivity contribution in [2.24, 2.45) is 0 Å². The maximum Gasteiger partial charge on any atom is 0.335 e. The fourth-order valence-corrected chi connectivity index (χ4v) is 3.40. The van der Waals surface area contributed by atoms with Crippen molar-refractivity contribution in [3.8, 4) is 11.1 Å². The van der Waals surface area contributed by atoms with Crippen LogP contribution in [-0.4, -0.2) is 58.7 Å². The molecule has 2 aromatic carbocycles. The molecule has 0 aromatic heterocycles. The van der Waals surface area contributed by atoms with E-state index < -0.39 is 30.1 Å². The van der Waals surface area contributed by atoms with Crippen molar-refractivity contribution in [3.05, 3.63) is 58.1 Å². The fourth-order valence-electron chi connectivity index (χ4n) is 2.87. The second-order valence-corrected chi connectivity index (χ2v) is 7.52. The number of benzene rings is 2. The van der Waals surface area contributed by atoms with E-state index in [1.807, 2.05) is 12.1 Å². The second-order valence-electron chi connectivity index (χ2n) is 6.64. The lowest BCUT2D eigenvalue weighted by Gasteiger charge is -2.26. The normalized spacial score (nSPS) is 14.0. The molecule has 3 unspecified atom stereocenters. The number of halogens is 2. The number of aliphatic hydroxyl groups is 2. The Bertz CT molecular complexity index is 854. The van der Waals surface area contributed by atoms with E-state index in [0.29, 0.717) is 22.2 Å². The van der Waals surface area contributed by atoms with Gasteiger partial charge in [0, 0.05) is 16.7 Å². The summed E-state index contributed by atoms with van der Waals surface area (Å²) in [5.74, 6) is -2.11. The first-order valence-electron chi connectivity index (χ1n) is 9.22. The summed E-state index contributed by atoms with van der Waals surface area (Å²) in [5.41, 5.74) is 2.39. The highest BCUT2D eigenvalue weighted by atomic mass is 35.5. The van der Waals surface area contributed by atoms with Crippen molar-refractivity contribution < 1.29 is 29.6 Å². The molecule has 162 valence electrons. The maximum atomic E-state index is 12.0. The van der Waals surface area contributed by atoms with Crippen LogP contribution in [0.25, 0.3) is 11.1 Å². The van der Waals surface area contributed by atoms with Gasteiger partial charge in [0.2, 0.25) is 5.91 Å². The van der Waals surface area contributed by atoms with Gasteiger partial charge in [-0.3, -0.25) is 4.79 Å². The Kier molecular flexibility index (Phi) is 9.08. The first-order chi connectivity index (χ1) is 14.2.